The SMILES string of the molecule is CCO[Si](OC(CCl)CCl)(C(C)C)C(C)C. The molecule has 0 aliphatic carbocycles. The maximum absolute atomic E-state index is 6.15. The third-order valence-corrected chi connectivity index (χ3v) is 8.02. The molecule has 0 fully saturated rings. The highest BCUT2D eigenvalue weighted by atomic mass is 35.5. The zero-order valence-electron chi connectivity index (χ0n) is 10.9. The minimum atomic E-state index is -2.22. The Kier molecular flexibility index (Phi) is 8.29. The minimum Gasteiger partial charge on any atom is -0.394 e. The molecule has 0 saturated heterocycles. The van der Waals surface area contributed by atoms with Gasteiger partial charge in [-0.2, -0.15) is 0 Å². The van der Waals surface area contributed by atoms with E-state index in [1.807, 2.05) is 6.92 Å². The van der Waals surface area contributed by atoms with Crippen molar-refractivity contribution < 1.29 is 8.85 Å². The molecule has 0 aromatic carbocycles. The number of rotatable bonds is 8. The van der Waals surface area contributed by atoms with Crippen molar-refractivity contribution in [2.24, 2.45) is 0 Å². The highest BCUT2D eigenvalue weighted by Crippen LogP contribution is 2.35. The highest BCUT2D eigenvalue weighted by molar-refractivity contribution is 6.70. The third kappa shape index (κ3) is 4.19. The standard InChI is InChI=1S/C11H24Cl2O2Si/c1-6-14-16(9(2)3,10(4)5)15-11(7-12)8-13/h9-11H,6-8H2,1-5H3. The summed E-state index contributed by atoms with van der Waals surface area (Å²) < 4.78 is 12.1. The third-order valence-electron chi connectivity index (χ3n) is 2.67. The second-order valence-corrected chi connectivity index (χ2v) is 9.41. The van der Waals surface area contributed by atoms with Crippen LogP contribution in [0.25, 0.3) is 0 Å². The van der Waals surface area contributed by atoms with Crippen molar-refractivity contribution in [3.8, 4) is 0 Å². The first-order chi connectivity index (χ1) is 7.44. The van der Waals surface area contributed by atoms with E-state index < -0.39 is 8.56 Å². The summed E-state index contributed by atoms with van der Waals surface area (Å²) in [6.45, 7) is 11.3. The molecule has 0 saturated carbocycles. The van der Waals surface area contributed by atoms with Gasteiger partial charge in [0.25, 0.3) is 0 Å². The van der Waals surface area contributed by atoms with Crippen LogP contribution in [0.5, 0.6) is 0 Å². The fraction of sp³-hybridized carbons (Fsp3) is 1.00. The quantitative estimate of drug-likeness (QED) is 0.493. The number of halogens is 2. The molecule has 0 rings (SSSR count). The van der Waals surface area contributed by atoms with E-state index in [0.717, 1.165) is 0 Å². The first kappa shape index (κ1) is 16.7. The van der Waals surface area contributed by atoms with Crippen LogP contribution in [0.15, 0.2) is 0 Å². The number of alkyl halides is 2. The van der Waals surface area contributed by atoms with Gasteiger partial charge in [-0.25, -0.2) is 0 Å². The molecule has 0 aromatic rings. The first-order valence-electron chi connectivity index (χ1n) is 5.88. The van der Waals surface area contributed by atoms with Gasteiger partial charge in [-0.05, 0) is 18.0 Å². The van der Waals surface area contributed by atoms with Crippen LogP contribution in [0.2, 0.25) is 11.1 Å². The van der Waals surface area contributed by atoms with Crippen molar-refractivity contribution >= 4 is 31.8 Å². The van der Waals surface area contributed by atoms with Crippen LogP contribution >= 0.6 is 23.2 Å². The molecule has 2 nitrogen and oxygen atoms in total. The van der Waals surface area contributed by atoms with Crippen molar-refractivity contribution in [3.63, 3.8) is 0 Å². The molecule has 0 aliphatic rings. The number of hydrogen-bond acceptors (Lipinski definition) is 2. The van der Waals surface area contributed by atoms with Gasteiger partial charge >= 0.3 is 8.56 Å². The first-order valence-corrected chi connectivity index (χ1v) is 8.92. The normalized spacial score (nSPS) is 13.1. The van der Waals surface area contributed by atoms with Crippen molar-refractivity contribution in [2.75, 3.05) is 18.4 Å². The molecule has 0 amide bonds. The molecular weight excluding hydrogens is 263 g/mol. The molecule has 0 spiro atoms. The van der Waals surface area contributed by atoms with E-state index in [9.17, 15) is 0 Å². The summed E-state index contributed by atoms with van der Waals surface area (Å²) in [6, 6.07) is 0. The zero-order chi connectivity index (χ0) is 12.8. The monoisotopic (exact) mass is 286 g/mol. The molecule has 0 unspecified atom stereocenters. The van der Waals surface area contributed by atoms with E-state index in [0.29, 0.717) is 29.4 Å². The van der Waals surface area contributed by atoms with Gasteiger partial charge in [0.15, 0.2) is 0 Å². The fourth-order valence-corrected chi connectivity index (χ4v) is 6.31. The van der Waals surface area contributed by atoms with Crippen molar-refractivity contribution in [3.05, 3.63) is 0 Å². The largest absolute Gasteiger partial charge is 0.394 e. The van der Waals surface area contributed by atoms with Crippen LogP contribution in [-0.2, 0) is 8.85 Å². The van der Waals surface area contributed by atoms with Crippen LogP contribution in [0.1, 0.15) is 34.6 Å². The van der Waals surface area contributed by atoms with E-state index in [1.54, 1.807) is 0 Å². The molecule has 0 radical (unpaired) electrons. The van der Waals surface area contributed by atoms with Crippen LogP contribution in [-0.4, -0.2) is 33.0 Å². The Hall–Kier alpha value is 0.717. The van der Waals surface area contributed by atoms with Crippen LogP contribution in [0, 0.1) is 0 Å². The summed E-state index contributed by atoms with van der Waals surface area (Å²) in [7, 11) is -2.22. The zero-order valence-corrected chi connectivity index (χ0v) is 13.4. The minimum absolute atomic E-state index is 0.105. The predicted molar refractivity (Wildman–Crippen MR) is 73.9 cm³/mol. The van der Waals surface area contributed by atoms with Crippen molar-refractivity contribution in [2.45, 2.75) is 51.8 Å². The average Bonchev–Trinajstić information content (AvgIpc) is 2.23. The summed E-state index contributed by atoms with van der Waals surface area (Å²) in [6.07, 6.45) is -0.105. The topological polar surface area (TPSA) is 18.5 Å². The Morgan fingerprint density at radius 3 is 1.69 bits per heavy atom. The summed E-state index contributed by atoms with van der Waals surface area (Å²) in [5.41, 5.74) is 0.780. The molecule has 98 valence electrons. The fourth-order valence-electron chi connectivity index (χ4n) is 1.90. The summed E-state index contributed by atoms with van der Waals surface area (Å²) in [5, 5.41) is 0. The van der Waals surface area contributed by atoms with Gasteiger partial charge in [0.2, 0.25) is 0 Å². The van der Waals surface area contributed by atoms with Gasteiger partial charge in [-0.15, -0.1) is 23.2 Å². The molecule has 0 heterocycles. The smallest absolute Gasteiger partial charge is 0.343 e. The van der Waals surface area contributed by atoms with Gasteiger partial charge in [0.1, 0.15) is 0 Å². The van der Waals surface area contributed by atoms with E-state index in [4.69, 9.17) is 32.1 Å². The lowest BCUT2D eigenvalue weighted by Crippen LogP contribution is -2.51. The lowest BCUT2D eigenvalue weighted by atomic mass is 10.5. The maximum atomic E-state index is 6.15. The molecule has 16 heavy (non-hydrogen) atoms. The second-order valence-electron chi connectivity index (χ2n) is 4.51. The van der Waals surface area contributed by atoms with Gasteiger partial charge in [-0.3, -0.25) is 0 Å². The van der Waals surface area contributed by atoms with Crippen molar-refractivity contribution in [1.82, 2.24) is 0 Å². The van der Waals surface area contributed by atoms with E-state index in [2.05, 4.69) is 27.7 Å². The molecule has 0 bridgehead atoms. The Morgan fingerprint density at radius 1 is 1.00 bits per heavy atom. The maximum Gasteiger partial charge on any atom is 0.343 e. The molecule has 0 aromatic heterocycles. The molecule has 5 heteroatoms. The van der Waals surface area contributed by atoms with Crippen LogP contribution < -0.4 is 0 Å². The Labute approximate surface area is 111 Å². The number of hydrogen-bond donors (Lipinski definition) is 0. The molecule has 0 atom stereocenters. The Bertz CT molecular complexity index is 177. The molecular formula is C11H24Cl2O2Si. The Morgan fingerprint density at radius 2 is 1.44 bits per heavy atom. The lowest BCUT2D eigenvalue weighted by Gasteiger charge is -2.39. The average molecular weight is 287 g/mol. The second kappa shape index (κ2) is 7.93. The summed E-state index contributed by atoms with van der Waals surface area (Å²) in [4.78, 5) is 0. The lowest BCUT2D eigenvalue weighted by molar-refractivity contribution is 0.127. The molecule has 0 N–H and O–H groups in total. The highest BCUT2D eigenvalue weighted by Gasteiger charge is 2.46. The Balaban J connectivity index is 4.87. The predicted octanol–water partition coefficient (Wildman–Crippen LogP) is 4.15. The summed E-state index contributed by atoms with van der Waals surface area (Å²) in [5.74, 6) is 0.843. The van der Waals surface area contributed by atoms with Crippen LogP contribution in [0.4, 0.5) is 0 Å². The van der Waals surface area contributed by atoms with Crippen LogP contribution in [0.3, 0.4) is 0 Å². The van der Waals surface area contributed by atoms with Gasteiger partial charge < -0.3 is 8.85 Å². The summed E-state index contributed by atoms with van der Waals surface area (Å²) >= 11 is 11.7. The van der Waals surface area contributed by atoms with E-state index >= 15 is 0 Å². The van der Waals surface area contributed by atoms with Gasteiger partial charge in [0.05, 0.1) is 6.10 Å². The van der Waals surface area contributed by atoms with E-state index in [1.165, 1.54) is 0 Å². The van der Waals surface area contributed by atoms with E-state index in [-0.39, 0.29) is 6.10 Å². The van der Waals surface area contributed by atoms with Gasteiger partial charge in [-0.1, -0.05) is 27.7 Å². The van der Waals surface area contributed by atoms with Crippen molar-refractivity contribution in [1.29, 1.82) is 0 Å². The molecule has 0 aliphatic heterocycles. The van der Waals surface area contributed by atoms with Gasteiger partial charge in [0, 0.05) is 18.4 Å².